The van der Waals surface area contributed by atoms with Crippen molar-refractivity contribution in [2.24, 2.45) is 5.14 Å². The summed E-state index contributed by atoms with van der Waals surface area (Å²) in [5.41, 5.74) is 0.394. The van der Waals surface area contributed by atoms with Crippen LogP contribution in [0.5, 0.6) is 5.75 Å². The molecule has 2 aromatic carbocycles. The van der Waals surface area contributed by atoms with Gasteiger partial charge in [-0.1, -0.05) is 24.3 Å². The lowest BCUT2D eigenvalue weighted by molar-refractivity contribution is -0.116. The smallest absolute Gasteiger partial charge is 0.238 e. The average Bonchev–Trinajstić information content (AvgIpc) is 2.52. The molecule has 7 heteroatoms. The van der Waals surface area contributed by atoms with Crippen LogP contribution in [0.25, 0.3) is 0 Å². The molecule has 0 spiro atoms. The third kappa shape index (κ3) is 5.72. The first-order chi connectivity index (χ1) is 10.9. The highest BCUT2D eigenvalue weighted by Crippen LogP contribution is 2.14. The van der Waals surface area contributed by atoms with Gasteiger partial charge in [-0.3, -0.25) is 4.79 Å². The molecule has 0 bridgehead atoms. The van der Waals surface area contributed by atoms with Crippen molar-refractivity contribution in [2.45, 2.75) is 17.7 Å². The number of para-hydroxylation sites is 1. The van der Waals surface area contributed by atoms with Gasteiger partial charge in [-0.05, 0) is 36.8 Å². The molecule has 2 rings (SSSR count). The van der Waals surface area contributed by atoms with Gasteiger partial charge in [-0.2, -0.15) is 0 Å². The van der Waals surface area contributed by atoms with E-state index in [0.29, 0.717) is 18.7 Å². The average molecular weight is 334 g/mol. The molecular weight excluding hydrogens is 316 g/mol. The fourth-order valence-corrected chi connectivity index (χ4v) is 2.47. The number of primary sulfonamides is 1. The number of amides is 1. The summed E-state index contributed by atoms with van der Waals surface area (Å²) < 4.78 is 28.0. The number of sulfonamides is 1. The lowest BCUT2D eigenvalue weighted by Crippen LogP contribution is -2.15. The Balaban J connectivity index is 1.79. The molecule has 0 aromatic heterocycles. The van der Waals surface area contributed by atoms with E-state index in [4.69, 9.17) is 9.88 Å². The highest BCUT2D eigenvalue weighted by atomic mass is 32.2. The van der Waals surface area contributed by atoms with Crippen LogP contribution in [0.1, 0.15) is 12.8 Å². The highest BCUT2D eigenvalue weighted by molar-refractivity contribution is 7.89. The zero-order valence-electron chi connectivity index (χ0n) is 12.4. The molecule has 6 nitrogen and oxygen atoms in total. The number of nitrogens with one attached hydrogen (secondary N) is 1. The summed E-state index contributed by atoms with van der Waals surface area (Å²) in [6.07, 6.45) is 0.821. The Morgan fingerprint density at radius 2 is 1.83 bits per heavy atom. The number of anilines is 1. The normalized spacial score (nSPS) is 11.0. The van der Waals surface area contributed by atoms with Crippen LogP contribution in [0.3, 0.4) is 0 Å². The number of rotatable bonds is 7. The van der Waals surface area contributed by atoms with E-state index in [2.05, 4.69) is 5.32 Å². The van der Waals surface area contributed by atoms with Gasteiger partial charge >= 0.3 is 0 Å². The minimum absolute atomic E-state index is 0.0392. The standard InChI is InChI=1S/C16H18N2O4S/c17-23(20,21)15-9-4-6-13(12-15)18-16(19)10-5-11-22-14-7-2-1-3-8-14/h1-4,6-9,12H,5,10-11H2,(H,18,19)(H2,17,20,21). The van der Waals surface area contributed by atoms with Crippen molar-refractivity contribution < 1.29 is 17.9 Å². The van der Waals surface area contributed by atoms with Gasteiger partial charge in [0.2, 0.25) is 15.9 Å². The van der Waals surface area contributed by atoms with Crippen molar-refractivity contribution in [3.63, 3.8) is 0 Å². The molecule has 122 valence electrons. The summed E-state index contributed by atoms with van der Waals surface area (Å²) in [4.78, 5) is 11.8. The molecule has 0 aliphatic rings. The molecule has 0 aliphatic heterocycles. The minimum atomic E-state index is -3.78. The molecule has 0 radical (unpaired) electrons. The van der Waals surface area contributed by atoms with Crippen molar-refractivity contribution in [2.75, 3.05) is 11.9 Å². The summed E-state index contributed by atoms with van der Waals surface area (Å²) in [6, 6.07) is 15.2. The molecule has 0 saturated carbocycles. The van der Waals surface area contributed by atoms with Crippen LogP contribution in [0.4, 0.5) is 5.69 Å². The lowest BCUT2D eigenvalue weighted by Gasteiger charge is -2.08. The molecule has 1 amide bonds. The largest absolute Gasteiger partial charge is 0.494 e. The predicted octanol–water partition coefficient (Wildman–Crippen LogP) is 2.13. The van der Waals surface area contributed by atoms with E-state index in [1.807, 2.05) is 30.3 Å². The van der Waals surface area contributed by atoms with Gasteiger partial charge in [-0.15, -0.1) is 0 Å². The Morgan fingerprint density at radius 3 is 2.52 bits per heavy atom. The van der Waals surface area contributed by atoms with Gasteiger partial charge in [-0.25, -0.2) is 13.6 Å². The number of ether oxygens (including phenoxy) is 1. The quantitative estimate of drug-likeness (QED) is 0.758. The molecule has 0 heterocycles. The van der Waals surface area contributed by atoms with Gasteiger partial charge in [0.1, 0.15) is 5.75 Å². The topological polar surface area (TPSA) is 98.5 Å². The summed E-state index contributed by atoms with van der Waals surface area (Å²) >= 11 is 0. The third-order valence-electron chi connectivity index (χ3n) is 3.01. The number of nitrogens with two attached hydrogens (primary N) is 1. The Hall–Kier alpha value is -2.38. The van der Waals surface area contributed by atoms with Gasteiger partial charge in [0.25, 0.3) is 0 Å². The third-order valence-corrected chi connectivity index (χ3v) is 3.92. The second-order valence-corrected chi connectivity index (χ2v) is 6.45. The van der Waals surface area contributed by atoms with Gasteiger partial charge in [0.15, 0.2) is 0 Å². The van der Waals surface area contributed by atoms with E-state index in [9.17, 15) is 13.2 Å². The summed E-state index contributed by atoms with van der Waals surface area (Å²) in [5, 5.41) is 7.69. The molecule has 0 saturated heterocycles. The van der Waals surface area contributed by atoms with Crippen molar-refractivity contribution >= 4 is 21.6 Å². The maximum Gasteiger partial charge on any atom is 0.238 e. The van der Waals surface area contributed by atoms with E-state index in [1.165, 1.54) is 18.2 Å². The van der Waals surface area contributed by atoms with E-state index in [0.717, 1.165) is 5.75 Å². The molecule has 2 aromatic rings. The fraction of sp³-hybridized carbons (Fsp3) is 0.188. The van der Waals surface area contributed by atoms with Crippen molar-refractivity contribution in [3.05, 3.63) is 54.6 Å². The highest BCUT2D eigenvalue weighted by Gasteiger charge is 2.09. The van der Waals surface area contributed by atoms with Crippen LogP contribution < -0.4 is 15.2 Å². The Bertz CT molecular complexity index is 761. The predicted molar refractivity (Wildman–Crippen MR) is 87.6 cm³/mol. The van der Waals surface area contributed by atoms with Crippen LogP contribution in [-0.4, -0.2) is 20.9 Å². The first kappa shape index (κ1) is 17.0. The van der Waals surface area contributed by atoms with Crippen LogP contribution in [0.15, 0.2) is 59.5 Å². The van der Waals surface area contributed by atoms with E-state index >= 15 is 0 Å². The fourth-order valence-electron chi connectivity index (χ4n) is 1.91. The zero-order valence-corrected chi connectivity index (χ0v) is 13.3. The van der Waals surface area contributed by atoms with E-state index in [-0.39, 0.29) is 17.2 Å². The Labute approximate surface area is 135 Å². The lowest BCUT2D eigenvalue weighted by atomic mass is 10.2. The van der Waals surface area contributed by atoms with E-state index in [1.54, 1.807) is 6.07 Å². The van der Waals surface area contributed by atoms with Crippen molar-refractivity contribution in [3.8, 4) is 5.75 Å². The summed E-state index contributed by atoms with van der Waals surface area (Å²) in [6.45, 7) is 0.425. The monoisotopic (exact) mass is 334 g/mol. The van der Waals surface area contributed by atoms with Gasteiger partial charge in [0, 0.05) is 12.1 Å². The van der Waals surface area contributed by atoms with Crippen LogP contribution in [0, 0.1) is 0 Å². The van der Waals surface area contributed by atoms with Crippen molar-refractivity contribution in [1.82, 2.24) is 0 Å². The maximum absolute atomic E-state index is 11.8. The Morgan fingerprint density at radius 1 is 1.09 bits per heavy atom. The first-order valence-electron chi connectivity index (χ1n) is 7.06. The maximum atomic E-state index is 11.8. The molecule has 0 atom stereocenters. The molecule has 23 heavy (non-hydrogen) atoms. The van der Waals surface area contributed by atoms with Crippen LogP contribution >= 0.6 is 0 Å². The van der Waals surface area contributed by atoms with Crippen molar-refractivity contribution in [1.29, 1.82) is 0 Å². The number of hydrogen-bond donors (Lipinski definition) is 2. The molecular formula is C16H18N2O4S. The molecule has 0 aliphatic carbocycles. The second-order valence-electron chi connectivity index (χ2n) is 4.89. The number of hydrogen-bond acceptors (Lipinski definition) is 4. The number of carbonyl (C=O) groups is 1. The SMILES string of the molecule is NS(=O)(=O)c1cccc(NC(=O)CCCOc2ccccc2)c1. The first-order valence-corrected chi connectivity index (χ1v) is 8.60. The number of benzene rings is 2. The summed E-state index contributed by atoms with van der Waals surface area (Å²) in [7, 11) is -3.78. The number of carbonyl (C=O) groups excluding carboxylic acids is 1. The van der Waals surface area contributed by atoms with Gasteiger partial charge < -0.3 is 10.1 Å². The molecule has 0 fully saturated rings. The zero-order chi connectivity index (χ0) is 16.7. The second kappa shape index (κ2) is 7.75. The van der Waals surface area contributed by atoms with Crippen LogP contribution in [0.2, 0.25) is 0 Å². The Kier molecular flexibility index (Phi) is 5.72. The van der Waals surface area contributed by atoms with Crippen LogP contribution in [-0.2, 0) is 14.8 Å². The van der Waals surface area contributed by atoms with Gasteiger partial charge in [0.05, 0.1) is 11.5 Å². The molecule has 0 unspecified atom stereocenters. The molecule has 3 N–H and O–H groups in total. The minimum Gasteiger partial charge on any atom is -0.494 e. The summed E-state index contributed by atoms with van der Waals surface area (Å²) in [5.74, 6) is 0.544. The van der Waals surface area contributed by atoms with E-state index < -0.39 is 10.0 Å².